The number of thiophene rings is 1. The van der Waals surface area contributed by atoms with Crippen LogP contribution in [0.3, 0.4) is 0 Å². The Bertz CT molecular complexity index is 311. The van der Waals surface area contributed by atoms with E-state index in [9.17, 15) is 0 Å². The third-order valence-corrected chi connectivity index (χ3v) is 4.50. The smallest absolute Gasteiger partial charge is 0.0667 e. The molecule has 0 spiro atoms. The molecule has 0 bridgehead atoms. The molecule has 0 fully saturated rings. The monoisotopic (exact) mass is 239 g/mol. The fraction of sp³-hybridized carbons (Fsp3) is 0.692. The second-order valence-electron chi connectivity index (χ2n) is 4.42. The molecule has 1 aromatic heterocycles. The maximum Gasteiger partial charge on any atom is 0.0667 e. The average molecular weight is 239 g/mol. The zero-order valence-corrected chi connectivity index (χ0v) is 10.8. The predicted octanol–water partition coefficient (Wildman–Crippen LogP) is 3.05. The summed E-state index contributed by atoms with van der Waals surface area (Å²) in [6.07, 6.45) is 6.55. The zero-order valence-electron chi connectivity index (χ0n) is 10.00. The minimum atomic E-state index is 0.0666. The molecule has 0 amide bonds. The Labute approximate surface area is 102 Å². The number of ether oxygens (including phenoxy) is 1. The van der Waals surface area contributed by atoms with Crippen LogP contribution in [0.2, 0.25) is 0 Å². The first kappa shape index (κ1) is 12.1. The van der Waals surface area contributed by atoms with Crippen LogP contribution < -0.4 is 5.73 Å². The van der Waals surface area contributed by atoms with Crippen LogP contribution in [0.25, 0.3) is 0 Å². The first-order valence-electron chi connectivity index (χ1n) is 6.26. The predicted molar refractivity (Wildman–Crippen MR) is 69.0 cm³/mol. The molecule has 2 N–H and O–H groups in total. The van der Waals surface area contributed by atoms with E-state index in [-0.39, 0.29) is 6.04 Å². The summed E-state index contributed by atoms with van der Waals surface area (Å²) >= 11 is 1.90. The van der Waals surface area contributed by atoms with Crippen molar-refractivity contribution in [3.05, 3.63) is 21.4 Å². The standard InChI is InChI=1S/C13H21NOS/c1-2-15-9-11(14)13-8-10-6-4-3-5-7-12(10)16-13/h8,11H,2-7,9,14H2,1H3. The van der Waals surface area contributed by atoms with E-state index >= 15 is 0 Å². The fourth-order valence-corrected chi connectivity index (χ4v) is 3.44. The number of rotatable bonds is 4. The lowest BCUT2D eigenvalue weighted by molar-refractivity contribution is 0.134. The molecular formula is C13H21NOS. The van der Waals surface area contributed by atoms with Gasteiger partial charge >= 0.3 is 0 Å². The summed E-state index contributed by atoms with van der Waals surface area (Å²) in [5.74, 6) is 0. The second kappa shape index (κ2) is 5.80. The molecule has 3 heteroatoms. The van der Waals surface area contributed by atoms with Crippen LogP contribution in [0.5, 0.6) is 0 Å². The van der Waals surface area contributed by atoms with Gasteiger partial charge in [0, 0.05) is 16.4 Å². The van der Waals surface area contributed by atoms with Gasteiger partial charge in [0.05, 0.1) is 12.6 Å². The average Bonchev–Trinajstić information content (AvgIpc) is 2.58. The van der Waals surface area contributed by atoms with Crippen molar-refractivity contribution >= 4 is 11.3 Å². The van der Waals surface area contributed by atoms with Crippen LogP contribution in [0.15, 0.2) is 6.07 Å². The van der Waals surface area contributed by atoms with Crippen molar-refractivity contribution in [2.24, 2.45) is 5.73 Å². The van der Waals surface area contributed by atoms with E-state index in [1.54, 1.807) is 10.4 Å². The van der Waals surface area contributed by atoms with Crippen molar-refractivity contribution < 1.29 is 4.74 Å². The van der Waals surface area contributed by atoms with Crippen molar-refractivity contribution in [2.75, 3.05) is 13.2 Å². The van der Waals surface area contributed by atoms with E-state index in [0.29, 0.717) is 6.61 Å². The summed E-state index contributed by atoms with van der Waals surface area (Å²) in [7, 11) is 0. The Morgan fingerprint density at radius 2 is 2.19 bits per heavy atom. The number of nitrogens with two attached hydrogens (primary N) is 1. The van der Waals surface area contributed by atoms with Gasteiger partial charge < -0.3 is 10.5 Å². The van der Waals surface area contributed by atoms with Gasteiger partial charge in [0.2, 0.25) is 0 Å². The lowest BCUT2D eigenvalue weighted by atomic mass is 10.1. The first-order valence-corrected chi connectivity index (χ1v) is 7.07. The van der Waals surface area contributed by atoms with Gasteiger partial charge in [-0.2, -0.15) is 0 Å². The van der Waals surface area contributed by atoms with Crippen LogP contribution in [0.1, 0.15) is 47.5 Å². The lowest BCUT2D eigenvalue weighted by Gasteiger charge is -2.08. The van der Waals surface area contributed by atoms with Crippen molar-refractivity contribution in [2.45, 2.75) is 45.1 Å². The maximum atomic E-state index is 6.12. The van der Waals surface area contributed by atoms with E-state index in [0.717, 1.165) is 6.61 Å². The molecule has 2 nitrogen and oxygen atoms in total. The normalized spacial score (nSPS) is 17.9. The van der Waals surface area contributed by atoms with Crippen molar-refractivity contribution in [3.8, 4) is 0 Å². The summed E-state index contributed by atoms with van der Waals surface area (Å²) in [4.78, 5) is 2.87. The SMILES string of the molecule is CCOCC(N)c1cc2c(s1)CCCCC2. The van der Waals surface area contributed by atoms with E-state index in [4.69, 9.17) is 10.5 Å². The van der Waals surface area contributed by atoms with Gasteiger partial charge in [-0.3, -0.25) is 0 Å². The maximum absolute atomic E-state index is 6.12. The molecule has 90 valence electrons. The quantitative estimate of drug-likeness (QED) is 0.820. The Hall–Kier alpha value is -0.380. The molecule has 1 heterocycles. The highest BCUT2D eigenvalue weighted by molar-refractivity contribution is 7.12. The summed E-state index contributed by atoms with van der Waals surface area (Å²) in [5, 5.41) is 0. The Kier molecular flexibility index (Phi) is 4.38. The third-order valence-electron chi connectivity index (χ3n) is 3.13. The van der Waals surface area contributed by atoms with Gasteiger partial charge in [0.15, 0.2) is 0 Å². The highest BCUT2D eigenvalue weighted by atomic mass is 32.1. The Balaban J connectivity index is 2.05. The molecule has 1 aliphatic carbocycles. The van der Waals surface area contributed by atoms with Gasteiger partial charge in [-0.15, -0.1) is 11.3 Å². The van der Waals surface area contributed by atoms with Gasteiger partial charge in [0.25, 0.3) is 0 Å². The topological polar surface area (TPSA) is 35.2 Å². The molecule has 0 saturated heterocycles. The lowest BCUT2D eigenvalue weighted by Crippen LogP contribution is -2.15. The van der Waals surface area contributed by atoms with Crippen LogP contribution in [0.4, 0.5) is 0 Å². The van der Waals surface area contributed by atoms with Gasteiger partial charge in [-0.25, -0.2) is 0 Å². The molecule has 2 rings (SSSR count). The highest BCUT2D eigenvalue weighted by Gasteiger charge is 2.15. The number of hydrogen-bond donors (Lipinski definition) is 1. The molecule has 0 radical (unpaired) electrons. The van der Waals surface area contributed by atoms with Crippen LogP contribution in [-0.4, -0.2) is 13.2 Å². The second-order valence-corrected chi connectivity index (χ2v) is 5.59. The van der Waals surface area contributed by atoms with Crippen molar-refractivity contribution in [3.63, 3.8) is 0 Å². The summed E-state index contributed by atoms with van der Waals surface area (Å²) in [6.45, 7) is 3.41. The molecule has 1 aliphatic rings. The minimum absolute atomic E-state index is 0.0666. The van der Waals surface area contributed by atoms with Crippen LogP contribution in [0, 0.1) is 0 Å². The molecule has 0 saturated carbocycles. The highest BCUT2D eigenvalue weighted by Crippen LogP contribution is 2.31. The molecule has 0 aromatic carbocycles. The zero-order chi connectivity index (χ0) is 11.4. The molecule has 1 unspecified atom stereocenters. The first-order chi connectivity index (χ1) is 7.81. The van der Waals surface area contributed by atoms with Crippen LogP contribution >= 0.6 is 11.3 Å². The Morgan fingerprint density at radius 1 is 1.38 bits per heavy atom. The van der Waals surface area contributed by atoms with E-state index < -0.39 is 0 Å². The molecule has 16 heavy (non-hydrogen) atoms. The van der Waals surface area contributed by atoms with Gasteiger partial charge in [0.1, 0.15) is 0 Å². The van der Waals surface area contributed by atoms with Crippen molar-refractivity contribution in [1.29, 1.82) is 0 Å². The molecule has 0 aliphatic heterocycles. The van der Waals surface area contributed by atoms with E-state index in [2.05, 4.69) is 6.07 Å². The third kappa shape index (κ3) is 2.84. The van der Waals surface area contributed by atoms with Crippen LogP contribution in [-0.2, 0) is 17.6 Å². The van der Waals surface area contributed by atoms with E-state index in [1.165, 1.54) is 37.0 Å². The summed E-state index contributed by atoms with van der Waals surface area (Å²) < 4.78 is 5.39. The van der Waals surface area contributed by atoms with Crippen molar-refractivity contribution in [1.82, 2.24) is 0 Å². The number of hydrogen-bond acceptors (Lipinski definition) is 3. The summed E-state index contributed by atoms with van der Waals surface area (Å²) in [6, 6.07) is 2.38. The fourth-order valence-electron chi connectivity index (χ4n) is 2.20. The summed E-state index contributed by atoms with van der Waals surface area (Å²) in [5.41, 5.74) is 7.66. The molecular weight excluding hydrogens is 218 g/mol. The number of fused-ring (bicyclic) bond motifs is 1. The van der Waals surface area contributed by atoms with Gasteiger partial charge in [-0.05, 0) is 44.2 Å². The Morgan fingerprint density at radius 3 is 3.00 bits per heavy atom. The minimum Gasteiger partial charge on any atom is -0.380 e. The van der Waals surface area contributed by atoms with Gasteiger partial charge in [-0.1, -0.05) is 6.42 Å². The van der Waals surface area contributed by atoms with E-state index in [1.807, 2.05) is 18.3 Å². The molecule has 1 atom stereocenters. The largest absolute Gasteiger partial charge is 0.380 e. The number of aryl methyl sites for hydroxylation is 2. The molecule has 1 aromatic rings.